The molecule has 0 saturated heterocycles. The van der Waals surface area contributed by atoms with Gasteiger partial charge in [0.15, 0.2) is 11.6 Å². The Morgan fingerprint density at radius 2 is 1.95 bits per heavy atom. The molecule has 0 aliphatic heterocycles. The summed E-state index contributed by atoms with van der Waals surface area (Å²) in [5.41, 5.74) is 6.47. The first-order chi connectivity index (χ1) is 9.36. The maximum Gasteiger partial charge on any atom is 0.272 e. The summed E-state index contributed by atoms with van der Waals surface area (Å²) in [4.78, 5) is 18.6. The average molecular weight is 280 g/mol. The number of nitrogen functional groups attached to an aromatic ring is 1. The van der Waals surface area contributed by atoms with Crippen molar-refractivity contribution < 1.29 is 13.6 Å². The number of amides is 1. The number of imidazole rings is 1. The summed E-state index contributed by atoms with van der Waals surface area (Å²) in [6, 6.07) is 2.54. The van der Waals surface area contributed by atoms with Crippen LogP contribution in [0, 0.1) is 18.6 Å². The molecule has 2 aromatic rings. The molecule has 20 heavy (non-hydrogen) atoms. The highest BCUT2D eigenvalue weighted by atomic mass is 19.1. The quantitative estimate of drug-likeness (QED) is 0.804. The van der Waals surface area contributed by atoms with Gasteiger partial charge in [-0.15, -0.1) is 0 Å². The van der Waals surface area contributed by atoms with Gasteiger partial charge in [0.1, 0.15) is 11.6 Å². The molecule has 0 aliphatic rings. The van der Waals surface area contributed by atoms with Gasteiger partial charge in [-0.3, -0.25) is 4.79 Å². The fourth-order valence-electron chi connectivity index (χ4n) is 1.88. The number of nitrogens with one attached hydrogen (secondary N) is 2. The minimum absolute atomic E-state index is 0.136. The van der Waals surface area contributed by atoms with Gasteiger partial charge >= 0.3 is 0 Å². The third-order valence-electron chi connectivity index (χ3n) is 2.85. The average Bonchev–Trinajstić information content (AvgIpc) is 2.67. The summed E-state index contributed by atoms with van der Waals surface area (Å²) in [5, 5.41) is 2.61. The first-order valence-corrected chi connectivity index (χ1v) is 5.95. The Kier molecular flexibility index (Phi) is 3.69. The maximum atomic E-state index is 13.1. The summed E-state index contributed by atoms with van der Waals surface area (Å²) in [7, 11) is 0. The number of hydrogen-bond donors (Lipinski definition) is 3. The zero-order valence-electron chi connectivity index (χ0n) is 11.0. The zero-order chi connectivity index (χ0) is 14.9. The summed E-state index contributed by atoms with van der Waals surface area (Å²) in [5.74, 6) is -1.72. The Labute approximate surface area is 114 Å². The SMILES string of the molecule is Cc1[nH]c(N)nc1C(=O)NC(C)c1cc(F)cc(F)c1. The van der Waals surface area contributed by atoms with E-state index in [1.54, 1.807) is 13.8 Å². The number of rotatable bonds is 3. The van der Waals surface area contributed by atoms with Crippen molar-refractivity contribution in [3.05, 3.63) is 46.8 Å². The monoisotopic (exact) mass is 280 g/mol. The van der Waals surface area contributed by atoms with Crippen molar-refractivity contribution in [2.24, 2.45) is 0 Å². The van der Waals surface area contributed by atoms with Crippen molar-refractivity contribution in [2.45, 2.75) is 19.9 Å². The van der Waals surface area contributed by atoms with Crippen molar-refractivity contribution in [3.8, 4) is 0 Å². The van der Waals surface area contributed by atoms with Crippen LogP contribution in [0.25, 0.3) is 0 Å². The second-order valence-electron chi connectivity index (χ2n) is 4.49. The van der Waals surface area contributed by atoms with Crippen molar-refractivity contribution in [3.63, 3.8) is 0 Å². The van der Waals surface area contributed by atoms with Crippen molar-refractivity contribution >= 4 is 11.9 Å². The predicted octanol–water partition coefficient (Wildman–Crippen LogP) is 2.07. The highest BCUT2D eigenvalue weighted by Crippen LogP contribution is 2.17. The summed E-state index contributed by atoms with van der Waals surface area (Å²) >= 11 is 0. The molecule has 7 heteroatoms. The molecule has 1 heterocycles. The molecule has 1 amide bonds. The third-order valence-corrected chi connectivity index (χ3v) is 2.85. The van der Waals surface area contributed by atoms with Gasteiger partial charge in [0.25, 0.3) is 5.91 Å². The number of aromatic nitrogens is 2. The lowest BCUT2D eigenvalue weighted by Gasteiger charge is -2.14. The summed E-state index contributed by atoms with van der Waals surface area (Å²) in [6.45, 7) is 3.28. The van der Waals surface area contributed by atoms with Gasteiger partial charge in [0, 0.05) is 11.8 Å². The molecular weight excluding hydrogens is 266 g/mol. The van der Waals surface area contributed by atoms with Crippen LogP contribution in [-0.2, 0) is 0 Å². The number of aromatic amines is 1. The minimum Gasteiger partial charge on any atom is -0.369 e. The van der Waals surface area contributed by atoms with Gasteiger partial charge in [-0.05, 0) is 31.5 Å². The smallest absolute Gasteiger partial charge is 0.272 e. The number of aryl methyl sites for hydroxylation is 1. The number of carbonyl (C=O) groups is 1. The van der Waals surface area contributed by atoms with Gasteiger partial charge in [-0.2, -0.15) is 0 Å². The fourth-order valence-corrected chi connectivity index (χ4v) is 1.88. The zero-order valence-corrected chi connectivity index (χ0v) is 11.0. The highest BCUT2D eigenvalue weighted by Gasteiger charge is 2.17. The van der Waals surface area contributed by atoms with Crippen LogP contribution in [0.2, 0.25) is 0 Å². The molecule has 1 unspecified atom stereocenters. The first kappa shape index (κ1) is 14.0. The first-order valence-electron chi connectivity index (χ1n) is 5.95. The molecule has 4 N–H and O–H groups in total. The van der Waals surface area contributed by atoms with Crippen LogP contribution < -0.4 is 11.1 Å². The molecule has 1 aromatic carbocycles. The molecule has 0 spiro atoms. The molecule has 0 saturated carbocycles. The van der Waals surface area contributed by atoms with E-state index in [4.69, 9.17) is 5.73 Å². The van der Waals surface area contributed by atoms with Crippen molar-refractivity contribution in [1.82, 2.24) is 15.3 Å². The molecule has 1 aromatic heterocycles. The van der Waals surface area contributed by atoms with Crippen molar-refractivity contribution in [2.75, 3.05) is 5.73 Å². The number of halogens is 2. The third kappa shape index (κ3) is 2.93. The molecule has 0 fully saturated rings. The molecule has 0 radical (unpaired) electrons. The largest absolute Gasteiger partial charge is 0.369 e. The topological polar surface area (TPSA) is 83.8 Å². The number of nitrogens with zero attached hydrogens (tertiary/aromatic N) is 1. The van der Waals surface area contributed by atoms with E-state index in [2.05, 4.69) is 15.3 Å². The van der Waals surface area contributed by atoms with Crippen LogP contribution in [0.5, 0.6) is 0 Å². The highest BCUT2D eigenvalue weighted by molar-refractivity contribution is 5.94. The van der Waals surface area contributed by atoms with E-state index in [1.165, 1.54) is 12.1 Å². The van der Waals surface area contributed by atoms with Crippen LogP contribution in [0.3, 0.4) is 0 Å². The molecular formula is C13H14F2N4O. The Morgan fingerprint density at radius 3 is 2.45 bits per heavy atom. The molecule has 0 aliphatic carbocycles. The van der Waals surface area contributed by atoms with Gasteiger partial charge in [-0.25, -0.2) is 13.8 Å². The second kappa shape index (κ2) is 5.28. The van der Waals surface area contributed by atoms with E-state index in [1.807, 2.05) is 0 Å². The standard InChI is InChI=1S/C13H14F2N4O/c1-6(8-3-9(14)5-10(15)4-8)17-12(20)11-7(2)18-13(16)19-11/h3-6H,1-2H3,(H,17,20)(H3,16,18,19). The Bertz CT molecular complexity index is 634. The lowest BCUT2D eigenvalue weighted by Crippen LogP contribution is -2.27. The van der Waals surface area contributed by atoms with Crippen LogP contribution in [0.15, 0.2) is 18.2 Å². The van der Waals surface area contributed by atoms with Crippen molar-refractivity contribution in [1.29, 1.82) is 0 Å². The number of benzene rings is 1. The Balaban J connectivity index is 2.17. The van der Waals surface area contributed by atoms with E-state index in [0.717, 1.165) is 6.07 Å². The number of H-pyrrole nitrogens is 1. The maximum absolute atomic E-state index is 13.1. The van der Waals surface area contributed by atoms with Crippen LogP contribution in [0.4, 0.5) is 14.7 Å². The number of anilines is 1. The molecule has 5 nitrogen and oxygen atoms in total. The Hall–Kier alpha value is -2.44. The van der Waals surface area contributed by atoms with Gasteiger partial charge in [0.05, 0.1) is 6.04 Å². The number of hydrogen-bond acceptors (Lipinski definition) is 3. The summed E-state index contributed by atoms with van der Waals surface area (Å²) in [6.07, 6.45) is 0. The molecule has 1 atom stereocenters. The predicted molar refractivity (Wildman–Crippen MR) is 70.0 cm³/mol. The molecule has 2 rings (SSSR count). The molecule has 106 valence electrons. The summed E-state index contributed by atoms with van der Waals surface area (Å²) < 4.78 is 26.3. The van der Waals surface area contributed by atoms with E-state index in [0.29, 0.717) is 11.3 Å². The van der Waals surface area contributed by atoms with E-state index < -0.39 is 23.6 Å². The number of nitrogens with two attached hydrogens (primary N) is 1. The Morgan fingerprint density at radius 1 is 1.35 bits per heavy atom. The van der Waals surface area contributed by atoms with E-state index in [9.17, 15) is 13.6 Å². The van der Waals surface area contributed by atoms with E-state index in [-0.39, 0.29) is 11.6 Å². The van der Waals surface area contributed by atoms with Crippen LogP contribution in [-0.4, -0.2) is 15.9 Å². The minimum atomic E-state index is -0.693. The van der Waals surface area contributed by atoms with Gasteiger partial charge in [0.2, 0.25) is 0 Å². The van der Waals surface area contributed by atoms with E-state index >= 15 is 0 Å². The normalized spacial score (nSPS) is 12.2. The second-order valence-corrected chi connectivity index (χ2v) is 4.49. The number of carbonyl (C=O) groups excluding carboxylic acids is 1. The van der Waals surface area contributed by atoms with Crippen LogP contribution in [0.1, 0.15) is 34.7 Å². The van der Waals surface area contributed by atoms with Gasteiger partial charge < -0.3 is 16.0 Å². The lowest BCUT2D eigenvalue weighted by atomic mass is 10.1. The van der Waals surface area contributed by atoms with Crippen LogP contribution >= 0.6 is 0 Å². The fraction of sp³-hybridized carbons (Fsp3) is 0.231. The molecule has 0 bridgehead atoms. The van der Waals surface area contributed by atoms with Gasteiger partial charge in [-0.1, -0.05) is 0 Å². The lowest BCUT2D eigenvalue weighted by molar-refractivity contribution is 0.0934.